The molecule has 2 aromatic carbocycles. The number of rotatable bonds is 7. The van der Waals surface area contributed by atoms with Crippen LogP contribution in [-0.4, -0.2) is 89.2 Å². The Balaban J connectivity index is 1.46. The van der Waals surface area contributed by atoms with Crippen molar-refractivity contribution in [3.63, 3.8) is 0 Å². The summed E-state index contributed by atoms with van der Waals surface area (Å²) in [5, 5.41) is 3.80. The predicted octanol–water partition coefficient (Wildman–Crippen LogP) is 3.94. The Labute approximate surface area is 242 Å². The van der Waals surface area contributed by atoms with Gasteiger partial charge in [-0.25, -0.2) is 13.8 Å². The SMILES string of the molecule is C=CC(=O)N1CC(Nc2nc(OC3CN(C)CC3OC)nc3c(F)c(-c4ccc(F)c5sc(N)nc45)c(Cl)cc23)C1. The summed E-state index contributed by atoms with van der Waals surface area (Å²) < 4.78 is 42.9. The van der Waals surface area contributed by atoms with Crippen molar-refractivity contribution >= 4 is 60.9 Å². The molecule has 14 heteroatoms. The highest BCUT2D eigenvalue weighted by molar-refractivity contribution is 7.22. The van der Waals surface area contributed by atoms with Gasteiger partial charge >= 0.3 is 6.01 Å². The molecule has 2 aliphatic heterocycles. The average molecular weight is 602 g/mol. The number of benzene rings is 2. The number of anilines is 2. The fourth-order valence-electron chi connectivity index (χ4n) is 5.25. The number of halogens is 3. The number of likely N-dealkylation sites (N-methyl/N-ethyl adjacent to an activating group) is 1. The molecule has 2 saturated heterocycles. The number of nitrogens with one attached hydrogen (secondary N) is 1. The first-order valence-corrected chi connectivity index (χ1v) is 14.0. The van der Waals surface area contributed by atoms with Gasteiger partial charge in [-0.1, -0.05) is 29.5 Å². The Hall–Kier alpha value is -3.65. The number of carbonyl (C=O) groups excluding carboxylic acids is 1. The van der Waals surface area contributed by atoms with E-state index in [0.29, 0.717) is 37.4 Å². The molecule has 214 valence electrons. The van der Waals surface area contributed by atoms with Crippen LogP contribution < -0.4 is 15.8 Å². The topological polar surface area (TPSA) is 119 Å². The molecule has 0 radical (unpaired) electrons. The zero-order valence-corrected chi connectivity index (χ0v) is 23.7. The summed E-state index contributed by atoms with van der Waals surface area (Å²) in [7, 11) is 3.54. The van der Waals surface area contributed by atoms with Crippen LogP contribution in [0.4, 0.5) is 19.7 Å². The molecule has 10 nitrogen and oxygen atoms in total. The fraction of sp³-hybridized carbons (Fsp3) is 0.333. The number of nitrogens with two attached hydrogens (primary N) is 1. The maximum atomic E-state index is 16.5. The molecule has 2 aromatic heterocycles. The summed E-state index contributed by atoms with van der Waals surface area (Å²) in [5.41, 5.74) is 6.30. The molecule has 0 spiro atoms. The highest BCUT2D eigenvalue weighted by atomic mass is 35.5. The van der Waals surface area contributed by atoms with E-state index < -0.39 is 11.6 Å². The number of thiazole rings is 1. The quantitative estimate of drug-likeness (QED) is 0.304. The number of carbonyl (C=O) groups is 1. The largest absolute Gasteiger partial charge is 0.456 e. The van der Waals surface area contributed by atoms with Crippen molar-refractivity contribution in [2.45, 2.75) is 18.2 Å². The van der Waals surface area contributed by atoms with Gasteiger partial charge in [0.15, 0.2) is 10.9 Å². The number of methoxy groups -OCH3 is 1. The second-order valence-electron chi connectivity index (χ2n) is 10.1. The van der Waals surface area contributed by atoms with Crippen molar-refractivity contribution in [3.05, 3.63) is 47.5 Å². The van der Waals surface area contributed by atoms with Crippen LogP contribution in [0.5, 0.6) is 6.01 Å². The third kappa shape index (κ3) is 4.92. The molecule has 1 amide bonds. The van der Waals surface area contributed by atoms with Gasteiger partial charge in [-0.15, -0.1) is 0 Å². The van der Waals surface area contributed by atoms with E-state index in [9.17, 15) is 9.18 Å². The van der Waals surface area contributed by atoms with E-state index >= 15 is 4.39 Å². The Bertz CT molecular complexity index is 1700. The molecule has 4 heterocycles. The Morgan fingerprint density at radius 2 is 1.95 bits per heavy atom. The van der Waals surface area contributed by atoms with Crippen molar-refractivity contribution in [1.29, 1.82) is 0 Å². The van der Waals surface area contributed by atoms with E-state index in [0.717, 1.165) is 11.3 Å². The molecule has 2 aliphatic rings. The van der Waals surface area contributed by atoms with Crippen molar-refractivity contribution in [1.82, 2.24) is 24.8 Å². The molecule has 0 aliphatic carbocycles. The molecule has 3 N–H and O–H groups in total. The molecular formula is C27H26ClF2N7O3S. The van der Waals surface area contributed by atoms with Gasteiger partial charge in [0, 0.05) is 49.8 Å². The van der Waals surface area contributed by atoms with E-state index in [1.807, 2.05) is 7.05 Å². The lowest BCUT2D eigenvalue weighted by Gasteiger charge is -2.39. The smallest absolute Gasteiger partial charge is 0.319 e. The predicted molar refractivity (Wildman–Crippen MR) is 154 cm³/mol. The fourth-order valence-corrected chi connectivity index (χ4v) is 6.31. The van der Waals surface area contributed by atoms with Gasteiger partial charge in [0.1, 0.15) is 29.4 Å². The zero-order valence-electron chi connectivity index (χ0n) is 22.2. The van der Waals surface area contributed by atoms with Crippen LogP contribution in [0.15, 0.2) is 30.9 Å². The van der Waals surface area contributed by atoms with Gasteiger partial charge < -0.3 is 25.4 Å². The Morgan fingerprint density at radius 3 is 2.68 bits per heavy atom. The second-order valence-corrected chi connectivity index (χ2v) is 11.5. The van der Waals surface area contributed by atoms with Gasteiger partial charge in [0.05, 0.1) is 21.3 Å². The Kier molecular flexibility index (Phi) is 7.14. The van der Waals surface area contributed by atoms with E-state index in [1.54, 1.807) is 18.1 Å². The van der Waals surface area contributed by atoms with Crippen LogP contribution in [-0.2, 0) is 9.53 Å². The van der Waals surface area contributed by atoms with Crippen molar-refractivity contribution in [2.24, 2.45) is 0 Å². The number of hydrogen-bond donors (Lipinski definition) is 2. The second kappa shape index (κ2) is 10.6. The molecule has 2 fully saturated rings. The maximum Gasteiger partial charge on any atom is 0.319 e. The van der Waals surface area contributed by atoms with Crippen LogP contribution in [0.3, 0.4) is 0 Å². The highest BCUT2D eigenvalue weighted by Gasteiger charge is 2.35. The van der Waals surface area contributed by atoms with Crippen molar-refractivity contribution in [2.75, 3.05) is 51.4 Å². The van der Waals surface area contributed by atoms with Crippen LogP contribution in [0.25, 0.3) is 32.2 Å². The van der Waals surface area contributed by atoms with Gasteiger partial charge in [0.2, 0.25) is 5.91 Å². The van der Waals surface area contributed by atoms with Crippen LogP contribution >= 0.6 is 22.9 Å². The van der Waals surface area contributed by atoms with E-state index in [2.05, 4.69) is 31.7 Å². The third-order valence-electron chi connectivity index (χ3n) is 7.31. The summed E-state index contributed by atoms with van der Waals surface area (Å²) in [6, 6.07) is 4.01. The van der Waals surface area contributed by atoms with Crippen molar-refractivity contribution < 1.29 is 23.0 Å². The zero-order chi connectivity index (χ0) is 29.0. The first-order valence-electron chi connectivity index (χ1n) is 12.8. The summed E-state index contributed by atoms with van der Waals surface area (Å²) in [6.45, 7) is 5.57. The number of likely N-dealkylation sites (tertiary alicyclic amines) is 2. The minimum absolute atomic E-state index is 0.00633. The first kappa shape index (κ1) is 27.5. The number of nitrogens with zero attached hydrogens (tertiary/aromatic N) is 5. The van der Waals surface area contributed by atoms with Crippen LogP contribution in [0.2, 0.25) is 5.02 Å². The normalized spacial score (nSPS) is 19.6. The average Bonchev–Trinajstić information content (AvgIpc) is 3.49. The van der Waals surface area contributed by atoms with Gasteiger partial charge in [-0.2, -0.15) is 9.97 Å². The molecule has 4 aromatic rings. The van der Waals surface area contributed by atoms with Gasteiger partial charge in [0.25, 0.3) is 0 Å². The number of hydrogen-bond acceptors (Lipinski definition) is 10. The lowest BCUT2D eigenvalue weighted by Crippen LogP contribution is -2.56. The number of fused-ring (bicyclic) bond motifs is 2. The van der Waals surface area contributed by atoms with E-state index in [1.165, 1.54) is 18.2 Å². The number of aromatic nitrogens is 3. The molecular weight excluding hydrogens is 576 g/mol. The summed E-state index contributed by atoms with van der Waals surface area (Å²) in [6.07, 6.45) is 0.643. The summed E-state index contributed by atoms with van der Waals surface area (Å²) in [5.74, 6) is -1.14. The standard InChI is InChI=1S/C27H26ClF2N7O3S/c1-4-19(38)37-8-12(9-37)32-25-14-7-15(28)20(13-5-6-16(29)24-23(13)33-26(31)41-24)21(30)22(14)34-27(35-25)40-18-11-36(2)10-17(18)39-3/h4-7,12,17-18H,1,8-11H2,2-3H3,(H2,31,33)(H,32,34,35). The molecule has 41 heavy (non-hydrogen) atoms. The molecule has 6 rings (SSSR count). The molecule has 0 saturated carbocycles. The number of ether oxygens (including phenoxy) is 2. The third-order valence-corrected chi connectivity index (χ3v) is 8.50. The van der Waals surface area contributed by atoms with E-state index in [4.69, 9.17) is 26.8 Å². The highest BCUT2D eigenvalue weighted by Crippen LogP contribution is 2.42. The monoisotopic (exact) mass is 601 g/mol. The van der Waals surface area contributed by atoms with Gasteiger partial charge in [-0.3, -0.25) is 9.69 Å². The molecule has 2 atom stereocenters. The first-order chi connectivity index (χ1) is 19.7. The summed E-state index contributed by atoms with van der Waals surface area (Å²) in [4.78, 5) is 28.9. The minimum Gasteiger partial charge on any atom is -0.456 e. The lowest BCUT2D eigenvalue weighted by molar-refractivity contribution is -0.129. The molecule has 2 unspecified atom stereocenters. The lowest BCUT2D eigenvalue weighted by atomic mass is 10.0. The van der Waals surface area contributed by atoms with E-state index in [-0.39, 0.29) is 67.2 Å². The number of nitrogen functional groups attached to an aromatic ring is 1. The van der Waals surface area contributed by atoms with Crippen molar-refractivity contribution in [3.8, 4) is 17.1 Å². The maximum absolute atomic E-state index is 16.5. The van der Waals surface area contributed by atoms with Gasteiger partial charge in [-0.05, 0) is 31.3 Å². The number of amides is 1. The van der Waals surface area contributed by atoms with Crippen LogP contribution in [0.1, 0.15) is 0 Å². The molecule has 0 bridgehead atoms. The summed E-state index contributed by atoms with van der Waals surface area (Å²) >= 11 is 7.64. The minimum atomic E-state index is -0.744. The Morgan fingerprint density at radius 1 is 1.20 bits per heavy atom. The van der Waals surface area contributed by atoms with Crippen LogP contribution in [0, 0.1) is 11.6 Å².